The maximum Gasteiger partial charge on any atom is 0.0542 e. The lowest BCUT2D eigenvalue weighted by molar-refractivity contribution is 0.632. The molecule has 0 atom stereocenters. The van der Waals surface area contributed by atoms with Crippen LogP contribution in [0.1, 0.15) is 25.0 Å². The third kappa shape index (κ3) is 4.42. The summed E-state index contributed by atoms with van der Waals surface area (Å²) in [5.41, 5.74) is 15.7. The zero-order valence-electron chi connectivity index (χ0n) is 30.2. The number of hydrogen-bond donors (Lipinski definition) is 0. The normalized spacial score (nSPS) is 13.5. The number of benzene rings is 8. The van der Waals surface area contributed by atoms with Crippen molar-refractivity contribution in [2.75, 3.05) is 4.90 Å². The standard InChI is InChI=1S/C51H37N3/c1-51(2)43-21-11-14-24-49(43)54(38-27-30-48-42(33-38)40-20-10-13-23-46(40)53(48)37-17-7-4-8-18-37)50-29-26-35(32-44(50)51)34-25-28-47-41(31-34)39-19-9-12-22-45(39)52(47)36-15-5-3-6-16-36/h3-33H,1-2H3. The Hall–Kier alpha value is -6.84. The molecule has 0 amide bonds. The Kier molecular flexibility index (Phi) is 6.60. The Morgan fingerprint density at radius 3 is 1.48 bits per heavy atom. The monoisotopic (exact) mass is 691 g/mol. The molecular formula is C51H37N3. The van der Waals surface area contributed by atoms with Crippen LogP contribution in [0.15, 0.2) is 188 Å². The van der Waals surface area contributed by atoms with Gasteiger partial charge in [-0.05, 0) is 107 Å². The topological polar surface area (TPSA) is 13.1 Å². The van der Waals surface area contributed by atoms with Crippen LogP contribution in [0.5, 0.6) is 0 Å². The molecule has 0 N–H and O–H groups in total. The molecule has 256 valence electrons. The molecule has 0 spiro atoms. The van der Waals surface area contributed by atoms with Crippen LogP contribution in [-0.2, 0) is 5.41 Å². The van der Waals surface area contributed by atoms with Crippen molar-refractivity contribution in [3.8, 4) is 22.5 Å². The number of nitrogens with zero attached hydrogens (tertiary/aromatic N) is 3. The first-order chi connectivity index (χ1) is 26.6. The lowest BCUT2D eigenvalue weighted by Crippen LogP contribution is -2.30. The quantitative estimate of drug-likeness (QED) is 0.179. The predicted octanol–water partition coefficient (Wildman–Crippen LogP) is 13.7. The molecule has 1 aliphatic rings. The van der Waals surface area contributed by atoms with Crippen LogP contribution < -0.4 is 4.90 Å². The first-order valence-electron chi connectivity index (χ1n) is 18.8. The molecule has 0 fully saturated rings. The van der Waals surface area contributed by atoms with Crippen molar-refractivity contribution in [1.29, 1.82) is 0 Å². The highest BCUT2D eigenvalue weighted by molar-refractivity contribution is 6.12. The zero-order valence-corrected chi connectivity index (χ0v) is 30.2. The van der Waals surface area contributed by atoms with Crippen LogP contribution in [-0.4, -0.2) is 9.13 Å². The van der Waals surface area contributed by atoms with E-state index in [1.54, 1.807) is 0 Å². The smallest absolute Gasteiger partial charge is 0.0542 e. The van der Waals surface area contributed by atoms with Gasteiger partial charge in [0, 0.05) is 44.0 Å². The van der Waals surface area contributed by atoms with Gasteiger partial charge in [-0.2, -0.15) is 0 Å². The zero-order chi connectivity index (χ0) is 36.0. The minimum Gasteiger partial charge on any atom is -0.310 e. The molecule has 0 saturated heterocycles. The first-order valence-corrected chi connectivity index (χ1v) is 18.8. The van der Waals surface area contributed by atoms with Crippen LogP contribution in [0.2, 0.25) is 0 Å². The summed E-state index contributed by atoms with van der Waals surface area (Å²) in [6.07, 6.45) is 0. The lowest BCUT2D eigenvalue weighted by atomic mass is 9.73. The Bertz CT molecular complexity index is 3070. The number of anilines is 3. The predicted molar refractivity (Wildman–Crippen MR) is 227 cm³/mol. The summed E-state index contributed by atoms with van der Waals surface area (Å²) in [4.78, 5) is 2.48. The fourth-order valence-corrected chi connectivity index (χ4v) is 9.12. The summed E-state index contributed by atoms with van der Waals surface area (Å²) in [6.45, 7) is 4.75. The number of rotatable bonds is 4. The van der Waals surface area contributed by atoms with Crippen molar-refractivity contribution in [2.45, 2.75) is 19.3 Å². The average Bonchev–Trinajstić information content (AvgIpc) is 3.74. The number of para-hydroxylation sites is 5. The number of hydrogen-bond acceptors (Lipinski definition) is 1. The molecule has 0 unspecified atom stereocenters. The molecule has 0 bridgehead atoms. The van der Waals surface area contributed by atoms with Crippen LogP contribution in [0.25, 0.3) is 66.1 Å². The van der Waals surface area contributed by atoms with E-state index in [0.29, 0.717) is 0 Å². The maximum atomic E-state index is 2.48. The first kappa shape index (κ1) is 30.8. The molecule has 2 aromatic heterocycles. The molecule has 10 aromatic rings. The third-order valence-corrected chi connectivity index (χ3v) is 11.7. The van der Waals surface area contributed by atoms with E-state index in [1.807, 2.05) is 0 Å². The van der Waals surface area contributed by atoms with Gasteiger partial charge in [-0.3, -0.25) is 0 Å². The van der Waals surface area contributed by atoms with E-state index in [9.17, 15) is 0 Å². The van der Waals surface area contributed by atoms with Crippen molar-refractivity contribution < 1.29 is 0 Å². The average molecular weight is 692 g/mol. The van der Waals surface area contributed by atoms with Crippen molar-refractivity contribution in [3.05, 3.63) is 199 Å². The molecule has 3 nitrogen and oxygen atoms in total. The minimum absolute atomic E-state index is 0.209. The van der Waals surface area contributed by atoms with Gasteiger partial charge in [0.15, 0.2) is 0 Å². The van der Waals surface area contributed by atoms with Crippen LogP contribution >= 0.6 is 0 Å². The number of fused-ring (bicyclic) bond motifs is 8. The van der Waals surface area contributed by atoms with E-state index in [-0.39, 0.29) is 5.41 Å². The van der Waals surface area contributed by atoms with Crippen LogP contribution in [0.4, 0.5) is 17.1 Å². The van der Waals surface area contributed by atoms with Crippen molar-refractivity contribution in [1.82, 2.24) is 9.13 Å². The van der Waals surface area contributed by atoms with Gasteiger partial charge in [0.2, 0.25) is 0 Å². The highest BCUT2D eigenvalue weighted by Gasteiger charge is 2.37. The fraction of sp³-hybridized carbons (Fsp3) is 0.0588. The number of aromatic nitrogens is 2. The molecule has 54 heavy (non-hydrogen) atoms. The van der Waals surface area contributed by atoms with E-state index in [0.717, 1.165) is 5.69 Å². The van der Waals surface area contributed by atoms with E-state index in [2.05, 4.69) is 216 Å². The summed E-state index contributed by atoms with van der Waals surface area (Å²) in [7, 11) is 0. The highest BCUT2D eigenvalue weighted by Crippen LogP contribution is 2.53. The minimum atomic E-state index is -0.209. The third-order valence-electron chi connectivity index (χ3n) is 11.7. The second-order valence-electron chi connectivity index (χ2n) is 15.0. The van der Waals surface area contributed by atoms with Gasteiger partial charge in [-0.15, -0.1) is 0 Å². The Labute approximate surface area is 314 Å². The summed E-state index contributed by atoms with van der Waals surface area (Å²) < 4.78 is 4.77. The Balaban J connectivity index is 1.09. The molecule has 8 aromatic carbocycles. The molecule has 0 aliphatic carbocycles. The van der Waals surface area contributed by atoms with Gasteiger partial charge < -0.3 is 14.0 Å². The largest absolute Gasteiger partial charge is 0.310 e. The summed E-state index contributed by atoms with van der Waals surface area (Å²) in [5.74, 6) is 0. The Morgan fingerprint density at radius 2 is 0.815 bits per heavy atom. The second-order valence-corrected chi connectivity index (χ2v) is 15.0. The van der Waals surface area contributed by atoms with Crippen LogP contribution in [0, 0.1) is 0 Å². The van der Waals surface area contributed by atoms with E-state index in [1.165, 1.54) is 88.6 Å². The van der Waals surface area contributed by atoms with Gasteiger partial charge in [0.25, 0.3) is 0 Å². The SMILES string of the molecule is CC1(C)c2ccccc2N(c2ccc3c(c2)c2ccccc2n3-c2ccccc2)c2ccc(-c3ccc4c(c3)c3ccccc3n4-c3ccccc3)cc21. The van der Waals surface area contributed by atoms with E-state index in [4.69, 9.17) is 0 Å². The molecule has 3 heterocycles. The van der Waals surface area contributed by atoms with E-state index >= 15 is 0 Å². The van der Waals surface area contributed by atoms with Gasteiger partial charge in [0.05, 0.1) is 33.4 Å². The van der Waals surface area contributed by atoms with Gasteiger partial charge in [-0.1, -0.05) is 117 Å². The van der Waals surface area contributed by atoms with Crippen LogP contribution in [0.3, 0.4) is 0 Å². The van der Waals surface area contributed by atoms with Gasteiger partial charge in [0.1, 0.15) is 0 Å². The molecule has 0 saturated carbocycles. The summed E-state index contributed by atoms with van der Waals surface area (Å²) in [6, 6.07) is 68.9. The van der Waals surface area contributed by atoms with Crippen molar-refractivity contribution >= 4 is 60.7 Å². The molecular weight excluding hydrogens is 655 g/mol. The van der Waals surface area contributed by atoms with Gasteiger partial charge in [-0.25, -0.2) is 0 Å². The molecule has 0 radical (unpaired) electrons. The van der Waals surface area contributed by atoms with Gasteiger partial charge >= 0.3 is 0 Å². The maximum absolute atomic E-state index is 2.48. The summed E-state index contributed by atoms with van der Waals surface area (Å²) >= 11 is 0. The molecule has 3 heteroatoms. The second kappa shape index (κ2) is 11.6. The molecule has 1 aliphatic heterocycles. The fourth-order valence-electron chi connectivity index (χ4n) is 9.12. The lowest BCUT2D eigenvalue weighted by Gasteiger charge is -2.42. The van der Waals surface area contributed by atoms with Crippen molar-refractivity contribution in [3.63, 3.8) is 0 Å². The summed E-state index contributed by atoms with van der Waals surface area (Å²) in [5, 5.41) is 5.03. The highest BCUT2D eigenvalue weighted by atomic mass is 15.2. The Morgan fingerprint density at radius 1 is 0.333 bits per heavy atom. The molecule has 11 rings (SSSR count). The van der Waals surface area contributed by atoms with Crippen molar-refractivity contribution in [2.24, 2.45) is 0 Å². The van der Waals surface area contributed by atoms with E-state index < -0.39 is 0 Å².